The third kappa shape index (κ3) is 13.7. The van der Waals surface area contributed by atoms with Crippen molar-refractivity contribution < 1.29 is 75.4 Å². The first-order valence-electron chi connectivity index (χ1n) is 18.7. The maximum atomic E-state index is 12.7. The molecule has 0 amide bonds. The molecule has 0 spiro atoms. The molecule has 1 atom stereocenters. The second-order valence-electron chi connectivity index (χ2n) is 17.4. The summed E-state index contributed by atoms with van der Waals surface area (Å²) >= 11 is 0.729. The van der Waals surface area contributed by atoms with E-state index < -0.39 is 23.5 Å². The second-order valence-corrected chi connectivity index (χ2v) is 18.7. The molecule has 9 heteroatoms. The summed E-state index contributed by atoms with van der Waals surface area (Å²) in [7, 11) is 0. The average Bonchev–Trinajstić information content (AvgIpc) is 3.72. The van der Waals surface area contributed by atoms with Gasteiger partial charge in [0, 0.05) is 0 Å². The number of benzene rings is 4. The summed E-state index contributed by atoms with van der Waals surface area (Å²) in [5.74, 6) is 0.587. The van der Waals surface area contributed by atoms with E-state index in [1.807, 2.05) is 0 Å². The first kappa shape index (κ1) is 50.4. The van der Waals surface area contributed by atoms with Crippen LogP contribution in [0.25, 0.3) is 11.1 Å². The molecule has 0 bridgehead atoms. The van der Waals surface area contributed by atoms with Crippen molar-refractivity contribution in [3.05, 3.63) is 153 Å². The molecular formula is C48H52Cl2F6Zr-2. The van der Waals surface area contributed by atoms with Gasteiger partial charge >= 0.3 is 137 Å². The Balaban J connectivity index is 0.000000302. The molecule has 6 rings (SSSR count). The van der Waals surface area contributed by atoms with Crippen molar-refractivity contribution >= 4 is 3.21 Å². The number of alkyl halides is 6. The molecule has 0 N–H and O–H groups in total. The molecule has 2 aliphatic rings. The molecule has 2 aliphatic carbocycles. The molecule has 0 fully saturated rings. The molecule has 57 heavy (non-hydrogen) atoms. The minimum Gasteiger partial charge on any atom is -1.00 e. The van der Waals surface area contributed by atoms with E-state index in [2.05, 4.69) is 124 Å². The predicted molar refractivity (Wildman–Crippen MR) is 211 cm³/mol. The SMILES string of the molecule is CC(C)(C)c1c[c-]c2c(c1)-c1cc(C(C)(C)C)ccc1C2.CCCC1[C-]=CC(C(C)(C)C)=C1.FC(F)(F)c1cccc([C](=[Zr+2])c2cccc(C(F)(F)F)c2)c1.[Cl-].[Cl-]. The number of halogens is 8. The van der Waals surface area contributed by atoms with Crippen molar-refractivity contribution in [1.29, 1.82) is 0 Å². The minimum absolute atomic E-state index is 0. The van der Waals surface area contributed by atoms with Crippen LogP contribution < -0.4 is 24.8 Å². The van der Waals surface area contributed by atoms with Crippen molar-refractivity contribution in [3.8, 4) is 11.1 Å². The van der Waals surface area contributed by atoms with Crippen LogP contribution in [-0.4, -0.2) is 3.21 Å². The summed E-state index contributed by atoms with van der Waals surface area (Å²) in [5.41, 5.74) is 9.40. The quantitative estimate of drug-likeness (QED) is 0.126. The Hall–Kier alpha value is -2.73. The fourth-order valence-corrected chi connectivity index (χ4v) is 7.07. The van der Waals surface area contributed by atoms with E-state index in [1.165, 1.54) is 76.1 Å². The third-order valence-electron chi connectivity index (χ3n) is 9.78. The molecular weight excluding hydrogens is 853 g/mol. The fraction of sp³-hybridized carbons (Fsp3) is 0.396. The number of rotatable bonds is 4. The van der Waals surface area contributed by atoms with Gasteiger partial charge in [-0.25, -0.2) is 6.08 Å². The Bertz CT molecular complexity index is 1930. The Morgan fingerprint density at radius 3 is 1.60 bits per heavy atom. The van der Waals surface area contributed by atoms with Crippen LogP contribution in [0.3, 0.4) is 0 Å². The van der Waals surface area contributed by atoms with E-state index in [9.17, 15) is 26.3 Å². The van der Waals surface area contributed by atoms with Gasteiger partial charge in [-0.3, -0.25) is 6.08 Å². The molecule has 4 aromatic carbocycles. The number of fused-ring (bicyclic) bond motifs is 3. The van der Waals surface area contributed by atoms with E-state index in [0.717, 1.165) is 54.9 Å². The van der Waals surface area contributed by atoms with Gasteiger partial charge in [-0.1, -0.05) is 128 Å². The van der Waals surface area contributed by atoms with Crippen LogP contribution >= 0.6 is 0 Å². The van der Waals surface area contributed by atoms with Crippen LogP contribution in [0.5, 0.6) is 0 Å². The van der Waals surface area contributed by atoms with Gasteiger partial charge in [0.1, 0.15) is 0 Å². The predicted octanol–water partition coefficient (Wildman–Crippen LogP) is 8.25. The topological polar surface area (TPSA) is 0 Å². The van der Waals surface area contributed by atoms with Crippen LogP contribution in [0.15, 0.2) is 96.6 Å². The monoisotopic (exact) mass is 902 g/mol. The molecule has 0 radical (unpaired) electrons. The van der Waals surface area contributed by atoms with Crippen molar-refractivity contribution in [1.82, 2.24) is 0 Å². The number of hydrogen-bond donors (Lipinski definition) is 0. The van der Waals surface area contributed by atoms with Gasteiger partial charge in [-0.2, -0.15) is 41.0 Å². The van der Waals surface area contributed by atoms with Crippen LogP contribution in [0.1, 0.15) is 127 Å². The maximum absolute atomic E-state index is 12.7. The first-order chi connectivity index (χ1) is 25.3. The average molecular weight is 905 g/mol. The molecule has 0 saturated heterocycles. The molecule has 0 aliphatic heterocycles. The molecule has 306 valence electrons. The Morgan fingerprint density at radius 2 is 1.16 bits per heavy atom. The third-order valence-corrected chi connectivity index (χ3v) is 11.2. The van der Waals surface area contributed by atoms with E-state index in [4.69, 9.17) is 0 Å². The van der Waals surface area contributed by atoms with Gasteiger partial charge in [-0.15, -0.1) is 5.56 Å². The fourth-order valence-electron chi connectivity index (χ4n) is 6.31. The van der Waals surface area contributed by atoms with Crippen molar-refractivity contribution in [2.24, 2.45) is 11.3 Å². The molecule has 0 saturated carbocycles. The van der Waals surface area contributed by atoms with Crippen molar-refractivity contribution in [2.75, 3.05) is 0 Å². The van der Waals surface area contributed by atoms with Gasteiger partial charge in [0.15, 0.2) is 0 Å². The number of allylic oxidation sites excluding steroid dienone is 4. The van der Waals surface area contributed by atoms with Gasteiger partial charge < -0.3 is 24.8 Å². The van der Waals surface area contributed by atoms with E-state index in [0.29, 0.717) is 14.5 Å². The standard InChI is InChI=1S/C21H25.C15H8F6.C12H19.2ClH.Zr/c1-20(2,3)16-9-7-14-11-15-8-10-17(21(4,5)6)13-19(15)18(14)12-16;16-14(17,18)12-5-1-3-10(8-12)7-11-4-2-6-13(9-11)15(19,20)21;1-5-6-10-7-8-11(9-10)12(2,3)4;;;/h7,9-10,12-13H,11H2,1-6H3;1-6,8-9H;8-10H,5-6H2,1-4H3;2*1H;/q-1;;-1;;;+2/p-2. The molecule has 1 unspecified atom stereocenters. The zero-order valence-electron chi connectivity index (χ0n) is 34.4. The van der Waals surface area contributed by atoms with Crippen LogP contribution in [0, 0.1) is 23.5 Å². The van der Waals surface area contributed by atoms with E-state index >= 15 is 0 Å². The zero-order chi connectivity index (χ0) is 41.1. The maximum Gasteiger partial charge on any atom is -1.00 e. The molecule has 0 nitrogen and oxygen atoms in total. The van der Waals surface area contributed by atoms with Crippen molar-refractivity contribution in [2.45, 2.75) is 112 Å². The Morgan fingerprint density at radius 1 is 0.649 bits per heavy atom. The normalized spacial score (nSPS) is 14.8. The van der Waals surface area contributed by atoms with Gasteiger partial charge in [0.05, 0.1) is 0 Å². The molecule has 0 heterocycles. The van der Waals surface area contributed by atoms with E-state index in [-0.39, 0.29) is 46.8 Å². The summed E-state index contributed by atoms with van der Waals surface area (Å²) in [4.78, 5) is 0. The van der Waals surface area contributed by atoms with E-state index in [1.54, 1.807) is 0 Å². The van der Waals surface area contributed by atoms with Crippen LogP contribution in [0.4, 0.5) is 26.3 Å². The summed E-state index contributed by atoms with van der Waals surface area (Å²) in [6.45, 7) is 22.6. The minimum atomic E-state index is -4.49. The van der Waals surface area contributed by atoms with Crippen LogP contribution in [-0.2, 0) is 53.8 Å². The van der Waals surface area contributed by atoms with Gasteiger partial charge in [-0.05, 0) is 17.4 Å². The summed E-state index contributed by atoms with van der Waals surface area (Å²) < 4.78 is 76.7. The molecule has 4 aromatic rings. The zero-order valence-corrected chi connectivity index (χ0v) is 38.4. The largest absolute Gasteiger partial charge is 1.00 e. The summed E-state index contributed by atoms with van der Waals surface area (Å²) in [6.07, 6.45) is 2.48. The van der Waals surface area contributed by atoms with Gasteiger partial charge in [0.25, 0.3) is 0 Å². The first-order valence-corrected chi connectivity index (χ1v) is 20.0. The summed E-state index contributed by atoms with van der Waals surface area (Å²) in [6, 6.07) is 24.2. The molecule has 0 aromatic heterocycles. The van der Waals surface area contributed by atoms with Crippen molar-refractivity contribution in [3.63, 3.8) is 0 Å². The Kier molecular flexibility index (Phi) is 17.3. The summed E-state index contributed by atoms with van der Waals surface area (Å²) in [5, 5.41) is 0. The Labute approximate surface area is 363 Å². The number of hydrogen-bond acceptors (Lipinski definition) is 0. The smallest absolute Gasteiger partial charge is 1.00 e. The van der Waals surface area contributed by atoms with Crippen LogP contribution in [0.2, 0.25) is 0 Å². The second kappa shape index (κ2) is 19.6. The van der Waals surface area contributed by atoms with Gasteiger partial charge in [0.2, 0.25) is 0 Å².